The van der Waals surface area contributed by atoms with Crippen molar-refractivity contribution in [2.75, 3.05) is 23.9 Å². The molecule has 0 unspecified atom stereocenters. The van der Waals surface area contributed by atoms with Gasteiger partial charge in [-0.3, -0.25) is 10.1 Å². The predicted molar refractivity (Wildman–Crippen MR) is 79.9 cm³/mol. The first-order valence-corrected chi connectivity index (χ1v) is 7.38. The summed E-state index contributed by atoms with van der Waals surface area (Å²) in [5, 5.41) is 15.1. The van der Waals surface area contributed by atoms with Crippen LogP contribution >= 0.6 is 11.8 Å². The first-order chi connectivity index (χ1) is 9.24. The smallest absolute Gasteiger partial charge is 0.295 e. The molecule has 0 saturated carbocycles. The second kappa shape index (κ2) is 6.38. The van der Waals surface area contributed by atoms with Gasteiger partial charge >= 0.3 is 0 Å². The molecule has 100 valence electrons. The lowest BCUT2D eigenvalue weighted by Crippen LogP contribution is -2.03. The van der Waals surface area contributed by atoms with Crippen molar-refractivity contribution in [3.05, 3.63) is 40.6 Å². The van der Waals surface area contributed by atoms with Crippen molar-refractivity contribution in [2.24, 2.45) is 0 Å². The highest BCUT2D eigenvalue weighted by atomic mass is 32.2. The van der Waals surface area contributed by atoms with Crippen molar-refractivity contribution >= 4 is 34.0 Å². The molecule has 0 spiro atoms. The minimum absolute atomic E-state index is 0.0465. The number of benzene rings is 1. The molecule has 0 radical (unpaired) electrons. The number of para-hydroxylation sites is 1. The van der Waals surface area contributed by atoms with Crippen molar-refractivity contribution < 1.29 is 4.92 Å². The Kier molecular flexibility index (Phi) is 4.57. The zero-order valence-electron chi connectivity index (χ0n) is 10.6. The van der Waals surface area contributed by atoms with Crippen LogP contribution < -0.4 is 5.32 Å². The maximum atomic E-state index is 11.0. The maximum absolute atomic E-state index is 11.0. The van der Waals surface area contributed by atoms with E-state index in [9.17, 15) is 10.1 Å². The largest absolute Gasteiger partial charge is 0.384 e. The molecule has 0 amide bonds. The zero-order valence-corrected chi connectivity index (χ0v) is 11.4. The number of rotatable bonds is 6. The standard InChI is InChI=1S/C13H15N3O2S/c1-19-9-3-7-14-11-6-8-15-13-10(11)4-2-5-12(13)16(17)18/h2,4-6,8H,3,7,9H2,1H3,(H,14,15). The first-order valence-electron chi connectivity index (χ1n) is 5.99. The molecule has 2 aromatic rings. The molecule has 1 aromatic heterocycles. The van der Waals surface area contributed by atoms with Gasteiger partial charge < -0.3 is 5.32 Å². The summed E-state index contributed by atoms with van der Waals surface area (Å²) in [5.41, 5.74) is 1.38. The van der Waals surface area contributed by atoms with Gasteiger partial charge in [0, 0.05) is 29.9 Å². The molecule has 0 aliphatic rings. The number of nitrogens with zero attached hydrogens (tertiary/aromatic N) is 2. The Morgan fingerprint density at radius 1 is 1.42 bits per heavy atom. The third-order valence-corrected chi connectivity index (χ3v) is 3.48. The molecule has 0 aliphatic carbocycles. The van der Waals surface area contributed by atoms with Crippen LogP contribution in [0, 0.1) is 10.1 Å². The van der Waals surface area contributed by atoms with E-state index < -0.39 is 4.92 Å². The van der Waals surface area contributed by atoms with Gasteiger partial charge in [-0.05, 0) is 24.5 Å². The molecule has 19 heavy (non-hydrogen) atoms. The third-order valence-electron chi connectivity index (χ3n) is 2.79. The number of nitrogens with one attached hydrogen (secondary N) is 1. The quantitative estimate of drug-likeness (QED) is 0.498. The maximum Gasteiger partial charge on any atom is 0.295 e. The zero-order chi connectivity index (χ0) is 13.7. The van der Waals surface area contributed by atoms with E-state index in [0.29, 0.717) is 5.52 Å². The van der Waals surface area contributed by atoms with E-state index in [1.165, 1.54) is 6.07 Å². The number of aromatic nitrogens is 1. The summed E-state index contributed by atoms with van der Waals surface area (Å²) < 4.78 is 0. The van der Waals surface area contributed by atoms with Crippen LogP contribution in [0.5, 0.6) is 0 Å². The molecule has 6 heteroatoms. The highest BCUT2D eigenvalue weighted by Crippen LogP contribution is 2.28. The minimum Gasteiger partial charge on any atom is -0.384 e. The number of hydrogen-bond donors (Lipinski definition) is 1. The number of fused-ring (bicyclic) bond motifs is 1. The van der Waals surface area contributed by atoms with E-state index in [2.05, 4.69) is 16.6 Å². The van der Waals surface area contributed by atoms with Crippen molar-refractivity contribution in [3.63, 3.8) is 0 Å². The van der Waals surface area contributed by atoms with Crippen LogP contribution in [0.25, 0.3) is 10.9 Å². The Hall–Kier alpha value is -1.82. The van der Waals surface area contributed by atoms with Gasteiger partial charge in [0.15, 0.2) is 0 Å². The Bertz CT molecular complexity index is 589. The van der Waals surface area contributed by atoms with E-state index in [0.717, 1.165) is 29.8 Å². The van der Waals surface area contributed by atoms with Crippen LogP contribution in [0.1, 0.15) is 6.42 Å². The fourth-order valence-electron chi connectivity index (χ4n) is 1.90. The summed E-state index contributed by atoms with van der Waals surface area (Å²) in [5.74, 6) is 1.09. The van der Waals surface area contributed by atoms with Crippen LogP contribution in [0.15, 0.2) is 30.5 Å². The van der Waals surface area contributed by atoms with Crippen LogP contribution in [-0.2, 0) is 0 Å². The Morgan fingerprint density at radius 2 is 2.26 bits per heavy atom. The second-order valence-corrected chi connectivity index (χ2v) is 5.05. The van der Waals surface area contributed by atoms with Gasteiger partial charge in [-0.2, -0.15) is 11.8 Å². The molecular weight excluding hydrogens is 262 g/mol. The third kappa shape index (κ3) is 3.14. The van der Waals surface area contributed by atoms with Gasteiger partial charge in [-0.25, -0.2) is 4.98 Å². The van der Waals surface area contributed by atoms with E-state index >= 15 is 0 Å². The molecule has 5 nitrogen and oxygen atoms in total. The van der Waals surface area contributed by atoms with Crippen molar-refractivity contribution in [3.8, 4) is 0 Å². The summed E-state index contributed by atoms with van der Waals surface area (Å²) in [6.45, 7) is 0.850. The summed E-state index contributed by atoms with van der Waals surface area (Å²) in [4.78, 5) is 14.7. The van der Waals surface area contributed by atoms with E-state index in [1.807, 2.05) is 12.1 Å². The summed E-state index contributed by atoms with van der Waals surface area (Å²) in [6, 6.07) is 6.87. The first kappa shape index (κ1) is 13.6. The molecule has 0 saturated heterocycles. The molecular formula is C13H15N3O2S. The second-order valence-electron chi connectivity index (χ2n) is 4.06. The van der Waals surface area contributed by atoms with Gasteiger partial charge in [-0.1, -0.05) is 12.1 Å². The highest BCUT2D eigenvalue weighted by molar-refractivity contribution is 7.98. The Labute approximate surface area is 115 Å². The topological polar surface area (TPSA) is 68.1 Å². The summed E-state index contributed by atoms with van der Waals surface area (Å²) in [7, 11) is 0. The minimum atomic E-state index is -0.396. The highest BCUT2D eigenvalue weighted by Gasteiger charge is 2.13. The van der Waals surface area contributed by atoms with Gasteiger partial charge in [0.25, 0.3) is 5.69 Å². The average molecular weight is 277 g/mol. The van der Waals surface area contributed by atoms with Gasteiger partial charge in [0.05, 0.1) is 4.92 Å². The van der Waals surface area contributed by atoms with Gasteiger partial charge in [0.1, 0.15) is 5.52 Å². The molecule has 1 heterocycles. The number of nitro groups is 1. The molecule has 1 N–H and O–H groups in total. The molecule has 0 fully saturated rings. The van der Waals surface area contributed by atoms with Crippen molar-refractivity contribution in [2.45, 2.75) is 6.42 Å². The van der Waals surface area contributed by atoms with Crippen LogP contribution in [0.4, 0.5) is 11.4 Å². The van der Waals surface area contributed by atoms with Crippen molar-refractivity contribution in [1.29, 1.82) is 0 Å². The molecule has 2 rings (SSSR count). The lowest BCUT2D eigenvalue weighted by Gasteiger charge is -2.08. The fraction of sp³-hybridized carbons (Fsp3) is 0.308. The number of nitro benzene ring substituents is 1. The monoisotopic (exact) mass is 277 g/mol. The van der Waals surface area contributed by atoms with Gasteiger partial charge in [-0.15, -0.1) is 0 Å². The number of pyridine rings is 1. The number of hydrogen-bond acceptors (Lipinski definition) is 5. The molecule has 0 aliphatic heterocycles. The van der Waals surface area contributed by atoms with E-state index in [-0.39, 0.29) is 5.69 Å². The SMILES string of the molecule is CSCCCNc1ccnc2c([N+](=O)[O-])cccc12. The lowest BCUT2D eigenvalue weighted by atomic mass is 10.1. The predicted octanol–water partition coefficient (Wildman–Crippen LogP) is 3.31. The fourth-order valence-corrected chi connectivity index (χ4v) is 2.33. The van der Waals surface area contributed by atoms with E-state index in [4.69, 9.17) is 0 Å². The van der Waals surface area contributed by atoms with Crippen molar-refractivity contribution in [1.82, 2.24) is 4.98 Å². The average Bonchev–Trinajstić information content (AvgIpc) is 2.43. The van der Waals surface area contributed by atoms with E-state index in [1.54, 1.807) is 24.0 Å². The normalized spacial score (nSPS) is 10.6. The summed E-state index contributed by atoms with van der Waals surface area (Å²) >= 11 is 1.81. The molecule has 0 bridgehead atoms. The van der Waals surface area contributed by atoms with Crippen LogP contribution in [0.3, 0.4) is 0 Å². The van der Waals surface area contributed by atoms with Gasteiger partial charge in [0.2, 0.25) is 0 Å². The number of thioether (sulfide) groups is 1. The number of non-ortho nitro benzene ring substituents is 1. The van der Waals surface area contributed by atoms with Crippen LogP contribution in [0.2, 0.25) is 0 Å². The van der Waals surface area contributed by atoms with Crippen LogP contribution in [-0.4, -0.2) is 28.5 Å². The number of anilines is 1. The Balaban J connectivity index is 2.30. The molecule has 0 atom stereocenters. The molecule has 1 aromatic carbocycles. The lowest BCUT2D eigenvalue weighted by molar-refractivity contribution is -0.383. The Morgan fingerprint density at radius 3 is 3.00 bits per heavy atom. The summed E-state index contributed by atoms with van der Waals surface area (Å²) in [6.07, 6.45) is 4.73.